The summed E-state index contributed by atoms with van der Waals surface area (Å²) in [6.07, 6.45) is -4.50. The average molecular weight is 649 g/mol. The molecule has 44 heavy (non-hydrogen) atoms. The maximum Gasteiger partial charge on any atom is 0.417 e. The third-order valence-corrected chi connectivity index (χ3v) is 7.55. The zero-order chi connectivity index (χ0) is 33.0. The first-order chi connectivity index (χ1) is 20.5. The number of hydrogen-bond donors (Lipinski definition) is 1. The normalized spacial score (nSPS) is 21.0. The average Bonchev–Trinajstić information content (AvgIpc) is 2.93. The van der Waals surface area contributed by atoms with E-state index in [1.165, 1.54) is 35.7 Å². The number of alkyl halides is 4. The van der Waals surface area contributed by atoms with Gasteiger partial charge in [-0.1, -0.05) is 18.5 Å². The Morgan fingerprint density at radius 2 is 1.93 bits per heavy atom. The number of nitrogens with one attached hydrogen (secondary N) is 1. The molecule has 2 aliphatic heterocycles. The van der Waals surface area contributed by atoms with Gasteiger partial charge < -0.3 is 34.2 Å². The first-order valence-electron chi connectivity index (χ1n) is 14.5. The third-order valence-electron chi connectivity index (χ3n) is 7.46. The Kier molecular flexibility index (Phi) is 11.4. The molecule has 0 radical (unpaired) electrons. The van der Waals surface area contributed by atoms with Crippen LogP contribution in [-0.2, 0) is 25.2 Å². The van der Waals surface area contributed by atoms with Crippen LogP contribution in [0.15, 0.2) is 12.1 Å². The zero-order valence-electron chi connectivity index (χ0n) is 25.8. The van der Waals surface area contributed by atoms with Crippen LogP contribution in [0.5, 0.6) is 5.75 Å². The van der Waals surface area contributed by atoms with Gasteiger partial charge in [-0.3, -0.25) is 14.4 Å². The lowest BCUT2D eigenvalue weighted by molar-refractivity contribution is -0.140. The summed E-state index contributed by atoms with van der Waals surface area (Å²) in [6, 6.07) is 0.586. The fourth-order valence-corrected chi connectivity index (χ4v) is 5.57. The van der Waals surface area contributed by atoms with Crippen molar-refractivity contribution in [3.8, 4) is 5.75 Å². The Morgan fingerprint density at radius 3 is 2.50 bits per heavy atom. The van der Waals surface area contributed by atoms with Gasteiger partial charge in [0.2, 0.25) is 11.5 Å². The molecule has 1 aromatic rings. The number of benzene rings is 1. The number of halogens is 4. The Labute approximate surface area is 259 Å². The van der Waals surface area contributed by atoms with Crippen LogP contribution >= 0.6 is 11.6 Å². The first kappa shape index (κ1) is 35.2. The highest BCUT2D eigenvalue weighted by molar-refractivity contribution is 6.19. The van der Waals surface area contributed by atoms with E-state index in [9.17, 15) is 32.3 Å². The number of fused-ring (bicyclic) bond motifs is 1. The molecule has 15 heteroatoms. The number of anilines is 1. The van der Waals surface area contributed by atoms with Crippen LogP contribution in [0, 0.1) is 0 Å². The van der Waals surface area contributed by atoms with Crippen molar-refractivity contribution in [2.45, 2.75) is 83.3 Å². The van der Waals surface area contributed by atoms with E-state index in [4.69, 9.17) is 25.8 Å². The van der Waals surface area contributed by atoms with Gasteiger partial charge in [-0.25, -0.2) is 4.79 Å². The van der Waals surface area contributed by atoms with E-state index in [-0.39, 0.29) is 50.0 Å². The second-order valence-corrected chi connectivity index (χ2v) is 11.9. The monoisotopic (exact) mass is 648 g/mol. The van der Waals surface area contributed by atoms with Gasteiger partial charge in [0, 0.05) is 45.8 Å². The number of nitrogens with zero attached hydrogens (tertiary/aromatic N) is 3. The smallest absolute Gasteiger partial charge is 0.417 e. The van der Waals surface area contributed by atoms with Crippen molar-refractivity contribution >= 4 is 41.1 Å². The van der Waals surface area contributed by atoms with Gasteiger partial charge in [0.1, 0.15) is 5.75 Å². The molecule has 1 aromatic carbocycles. The standard InChI is InChI=1S/C29H40ClF3N4O7/c1-7-24(38)34-10-12-36-22-13-20(21(29(31,32)33)14-23(22)44-28(5,16-42-6)26(36)40)25(39)37(17(2)3)19-9-8-11-35(15-19)27(41)43-18(4)30/h13-14,17-19H,7-12,15-16H2,1-6H3,(H,34,38)/t18?,19-,28+/m1/s1. The molecule has 3 rings (SSSR count). The molecule has 0 saturated carbocycles. The van der Waals surface area contributed by atoms with Crippen molar-refractivity contribution in [2.75, 3.05) is 44.8 Å². The summed E-state index contributed by atoms with van der Waals surface area (Å²) in [6.45, 7) is 7.93. The summed E-state index contributed by atoms with van der Waals surface area (Å²) >= 11 is 5.80. The van der Waals surface area contributed by atoms with Crippen molar-refractivity contribution in [2.24, 2.45) is 0 Å². The van der Waals surface area contributed by atoms with Gasteiger partial charge in [0.05, 0.1) is 29.5 Å². The number of piperidine rings is 1. The fourth-order valence-electron chi connectivity index (χ4n) is 5.50. The van der Waals surface area contributed by atoms with E-state index in [1.807, 2.05) is 0 Å². The largest absolute Gasteiger partial charge is 0.473 e. The maximum atomic E-state index is 14.6. The van der Waals surface area contributed by atoms with Gasteiger partial charge in [0.25, 0.3) is 11.8 Å². The van der Waals surface area contributed by atoms with E-state index in [0.29, 0.717) is 19.4 Å². The molecule has 0 aliphatic carbocycles. The first-order valence-corrected chi connectivity index (χ1v) is 14.9. The number of amides is 4. The number of carbonyl (C=O) groups is 4. The minimum absolute atomic E-state index is 0.0122. The van der Waals surface area contributed by atoms with Gasteiger partial charge >= 0.3 is 12.3 Å². The molecule has 1 unspecified atom stereocenters. The lowest BCUT2D eigenvalue weighted by Gasteiger charge is -2.42. The Hall–Kier alpha value is -3.26. The van der Waals surface area contributed by atoms with E-state index >= 15 is 0 Å². The van der Waals surface area contributed by atoms with Crippen LogP contribution in [0.3, 0.4) is 0 Å². The van der Waals surface area contributed by atoms with Crippen LogP contribution in [0.25, 0.3) is 0 Å². The fraction of sp³-hybridized carbons (Fsp3) is 0.655. The predicted molar refractivity (Wildman–Crippen MR) is 156 cm³/mol. The van der Waals surface area contributed by atoms with Crippen molar-refractivity contribution in [3.63, 3.8) is 0 Å². The van der Waals surface area contributed by atoms with Crippen LogP contribution < -0.4 is 15.0 Å². The second-order valence-electron chi connectivity index (χ2n) is 11.3. The van der Waals surface area contributed by atoms with Crippen molar-refractivity contribution in [1.82, 2.24) is 15.1 Å². The number of rotatable bonds is 10. The summed E-state index contributed by atoms with van der Waals surface area (Å²) in [5, 5.41) is 2.65. The third kappa shape index (κ3) is 7.87. The lowest BCUT2D eigenvalue weighted by atomic mass is 9.96. The molecular formula is C29H40ClF3N4O7. The van der Waals surface area contributed by atoms with Crippen molar-refractivity contribution < 1.29 is 46.6 Å². The molecule has 0 spiro atoms. The molecule has 2 heterocycles. The molecular weight excluding hydrogens is 609 g/mol. The zero-order valence-corrected chi connectivity index (χ0v) is 26.5. The van der Waals surface area contributed by atoms with Crippen molar-refractivity contribution in [1.29, 1.82) is 0 Å². The van der Waals surface area contributed by atoms with Crippen LogP contribution in [-0.4, -0.2) is 96.8 Å². The Bertz CT molecular complexity index is 1250. The van der Waals surface area contributed by atoms with E-state index in [0.717, 1.165) is 12.1 Å². The SMILES string of the molecule is CCC(=O)NCCN1C(=O)[C@](C)(COC)Oc2cc(C(F)(F)F)c(C(=O)N(C(C)C)[C@@H]3CCCN(C(=O)OC(C)Cl)C3)cc21. The second kappa shape index (κ2) is 14.2. The van der Waals surface area contributed by atoms with Crippen LogP contribution in [0.2, 0.25) is 0 Å². The topological polar surface area (TPSA) is 118 Å². The molecule has 2 aliphatic rings. The molecule has 3 atom stereocenters. The highest BCUT2D eigenvalue weighted by Gasteiger charge is 2.48. The predicted octanol–water partition coefficient (Wildman–Crippen LogP) is 4.40. The van der Waals surface area contributed by atoms with E-state index in [1.54, 1.807) is 20.8 Å². The number of methoxy groups -OCH3 is 1. The molecule has 1 fully saturated rings. The van der Waals surface area contributed by atoms with Crippen molar-refractivity contribution in [3.05, 3.63) is 23.3 Å². The number of likely N-dealkylation sites (tertiary alicyclic amines) is 1. The molecule has 246 valence electrons. The molecule has 0 bridgehead atoms. The minimum Gasteiger partial charge on any atom is -0.473 e. The van der Waals surface area contributed by atoms with Crippen LogP contribution in [0.4, 0.5) is 23.7 Å². The maximum absolute atomic E-state index is 14.6. The minimum atomic E-state index is -4.95. The van der Waals surface area contributed by atoms with Gasteiger partial charge in [-0.2, -0.15) is 13.2 Å². The number of ether oxygens (including phenoxy) is 3. The van der Waals surface area contributed by atoms with Gasteiger partial charge in [-0.05, 0) is 52.7 Å². The molecule has 11 nitrogen and oxygen atoms in total. The highest BCUT2D eigenvalue weighted by atomic mass is 35.5. The number of hydrogen-bond acceptors (Lipinski definition) is 7. The summed E-state index contributed by atoms with van der Waals surface area (Å²) in [4.78, 5) is 56.0. The molecule has 1 N–H and O–H groups in total. The van der Waals surface area contributed by atoms with Gasteiger partial charge in [0.15, 0.2) is 5.56 Å². The number of carbonyl (C=O) groups excluding carboxylic acids is 4. The summed E-state index contributed by atoms with van der Waals surface area (Å²) in [5.41, 5.74) is -4.49. The summed E-state index contributed by atoms with van der Waals surface area (Å²) < 4.78 is 59.7. The van der Waals surface area contributed by atoms with E-state index < -0.39 is 58.5 Å². The van der Waals surface area contributed by atoms with Crippen LogP contribution in [0.1, 0.15) is 69.8 Å². The quantitative estimate of drug-likeness (QED) is 0.374. The Balaban J connectivity index is 2.09. The van der Waals surface area contributed by atoms with Gasteiger partial charge in [-0.15, -0.1) is 0 Å². The summed E-state index contributed by atoms with van der Waals surface area (Å²) in [5.74, 6) is -2.05. The lowest BCUT2D eigenvalue weighted by Crippen LogP contribution is -2.58. The Morgan fingerprint density at radius 1 is 1.25 bits per heavy atom. The highest BCUT2D eigenvalue weighted by Crippen LogP contribution is 2.44. The van der Waals surface area contributed by atoms with E-state index in [2.05, 4.69) is 5.32 Å². The molecule has 0 aromatic heterocycles. The summed E-state index contributed by atoms with van der Waals surface area (Å²) in [7, 11) is 1.33. The molecule has 4 amide bonds. The molecule has 1 saturated heterocycles.